The molecule has 1 aliphatic rings. The molecule has 1 fully saturated rings. The van der Waals surface area contributed by atoms with Gasteiger partial charge in [-0.1, -0.05) is 0 Å². The molecule has 0 radical (unpaired) electrons. The van der Waals surface area contributed by atoms with Crippen molar-refractivity contribution in [1.29, 1.82) is 0 Å². The summed E-state index contributed by atoms with van der Waals surface area (Å²) in [5.41, 5.74) is 2.97. The van der Waals surface area contributed by atoms with Crippen molar-refractivity contribution < 1.29 is 0 Å². The van der Waals surface area contributed by atoms with Gasteiger partial charge in [0.2, 0.25) is 0 Å². The molecule has 1 aromatic rings. The molecule has 2 nitrogen and oxygen atoms in total. The van der Waals surface area contributed by atoms with Crippen LogP contribution in [0.25, 0.3) is 5.57 Å². The summed E-state index contributed by atoms with van der Waals surface area (Å²) in [4.78, 5) is 5.05. The predicted molar refractivity (Wildman–Crippen MR) is 113 cm³/mol. The Kier molecular flexibility index (Phi) is 9.86. The molecule has 0 spiro atoms. The Morgan fingerprint density at radius 2 is 1.76 bits per heavy atom. The van der Waals surface area contributed by atoms with Crippen LogP contribution in [0.5, 0.6) is 0 Å². The quantitative estimate of drug-likeness (QED) is 0.426. The molecule has 0 N–H and O–H groups in total. The van der Waals surface area contributed by atoms with Crippen molar-refractivity contribution in [2.24, 2.45) is 0 Å². The molecule has 0 saturated carbocycles. The van der Waals surface area contributed by atoms with Crippen LogP contribution in [-0.4, -0.2) is 64.5 Å². The number of hydrogen-bond donors (Lipinski definition) is 0. The first kappa shape index (κ1) is 20.7. The molecular formula is C22H36N2Se. The van der Waals surface area contributed by atoms with Crippen LogP contribution in [0.2, 0.25) is 5.32 Å². The van der Waals surface area contributed by atoms with E-state index < -0.39 is 0 Å². The molecule has 1 aromatic carbocycles. The maximum atomic E-state index is 2.62. The van der Waals surface area contributed by atoms with Crippen molar-refractivity contribution in [3.63, 3.8) is 0 Å². The SMILES string of the molecule is CC/C=C(\CCN1CCN(C)CC1)c1ccc([Se]CCCCC)cc1. The van der Waals surface area contributed by atoms with Crippen molar-refractivity contribution in [2.75, 3.05) is 39.8 Å². The number of rotatable bonds is 10. The van der Waals surface area contributed by atoms with Gasteiger partial charge >= 0.3 is 162 Å². The average molecular weight is 408 g/mol. The van der Waals surface area contributed by atoms with Crippen LogP contribution in [0.4, 0.5) is 0 Å². The summed E-state index contributed by atoms with van der Waals surface area (Å²) in [7, 11) is 2.23. The van der Waals surface area contributed by atoms with Crippen LogP contribution in [0.3, 0.4) is 0 Å². The third-order valence-corrected chi connectivity index (χ3v) is 7.29. The van der Waals surface area contributed by atoms with Gasteiger partial charge in [0.25, 0.3) is 0 Å². The Hall–Kier alpha value is -0.601. The van der Waals surface area contributed by atoms with E-state index in [4.69, 9.17) is 0 Å². The Bertz CT molecular complexity index is 501. The van der Waals surface area contributed by atoms with E-state index in [1.54, 1.807) is 4.46 Å². The summed E-state index contributed by atoms with van der Waals surface area (Å²) in [6.45, 7) is 10.6. The number of allylic oxidation sites excluding steroid dienone is 1. The number of benzene rings is 1. The molecule has 0 atom stereocenters. The van der Waals surface area contributed by atoms with Gasteiger partial charge < -0.3 is 0 Å². The van der Waals surface area contributed by atoms with Gasteiger partial charge in [0.15, 0.2) is 0 Å². The number of likely N-dealkylation sites (N-methyl/N-ethyl adjacent to an activating group) is 1. The fourth-order valence-electron chi connectivity index (χ4n) is 3.27. The summed E-state index contributed by atoms with van der Waals surface area (Å²) in [5.74, 6) is 0. The summed E-state index contributed by atoms with van der Waals surface area (Å²) < 4.78 is 1.56. The molecule has 0 bridgehead atoms. The van der Waals surface area contributed by atoms with E-state index in [-0.39, 0.29) is 0 Å². The fraction of sp³-hybridized carbons (Fsp3) is 0.636. The molecular weight excluding hydrogens is 371 g/mol. The third kappa shape index (κ3) is 7.66. The van der Waals surface area contributed by atoms with Gasteiger partial charge in [-0.15, -0.1) is 0 Å². The van der Waals surface area contributed by atoms with Crippen molar-refractivity contribution in [3.05, 3.63) is 35.9 Å². The first-order chi connectivity index (χ1) is 12.2. The van der Waals surface area contributed by atoms with Crippen molar-refractivity contribution in [3.8, 4) is 0 Å². The number of unbranched alkanes of at least 4 members (excludes halogenated alkanes) is 2. The molecule has 0 aliphatic carbocycles. The monoisotopic (exact) mass is 408 g/mol. The second kappa shape index (κ2) is 11.9. The Morgan fingerprint density at radius 1 is 1.04 bits per heavy atom. The standard InChI is InChI=1S/C22H36N2Se/c1-4-6-7-19-25-22-11-9-21(10-12-22)20(8-5-2)13-14-24-17-15-23(3)16-18-24/h8-12H,4-7,13-19H2,1-3H3/b20-8+. The van der Waals surface area contributed by atoms with E-state index >= 15 is 0 Å². The van der Waals surface area contributed by atoms with Crippen LogP contribution in [0, 0.1) is 0 Å². The van der Waals surface area contributed by atoms with E-state index in [2.05, 4.69) is 61.0 Å². The molecule has 1 heterocycles. The second-order valence-corrected chi connectivity index (χ2v) is 9.56. The summed E-state index contributed by atoms with van der Waals surface area (Å²) >= 11 is 0.655. The Labute approximate surface area is 161 Å². The normalized spacial score (nSPS) is 17.2. The number of nitrogens with zero attached hydrogens (tertiary/aromatic N) is 2. The second-order valence-electron chi connectivity index (χ2n) is 7.11. The summed E-state index contributed by atoms with van der Waals surface area (Å²) in [6.07, 6.45) is 8.84. The minimum atomic E-state index is 0.655. The molecule has 25 heavy (non-hydrogen) atoms. The van der Waals surface area contributed by atoms with Gasteiger partial charge in [-0.25, -0.2) is 0 Å². The first-order valence-corrected chi connectivity index (χ1v) is 12.1. The van der Waals surface area contributed by atoms with Gasteiger partial charge in [0, 0.05) is 0 Å². The van der Waals surface area contributed by atoms with Crippen LogP contribution in [0.15, 0.2) is 30.3 Å². The topological polar surface area (TPSA) is 6.48 Å². The zero-order valence-electron chi connectivity index (χ0n) is 16.5. The number of hydrogen-bond acceptors (Lipinski definition) is 2. The first-order valence-electron chi connectivity index (χ1n) is 10.1. The van der Waals surface area contributed by atoms with Crippen molar-refractivity contribution in [1.82, 2.24) is 9.80 Å². The summed E-state index contributed by atoms with van der Waals surface area (Å²) in [5, 5.41) is 1.39. The summed E-state index contributed by atoms with van der Waals surface area (Å²) in [6, 6.07) is 9.48. The molecule has 2 rings (SSSR count). The number of piperazine rings is 1. The maximum absolute atomic E-state index is 2.62. The molecule has 0 unspecified atom stereocenters. The van der Waals surface area contributed by atoms with Gasteiger partial charge in [0.1, 0.15) is 0 Å². The molecule has 1 aliphatic heterocycles. The van der Waals surface area contributed by atoms with Gasteiger partial charge in [-0.3, -0.25) is 0 Å². The van der Waals surface area contributed by atoms with Crippen LogP contribution in [-0.2, 0) is 0 Å². The Balaban J connectivity index is 1.85. The van der Waals surface area contributed by atoms with E-state index in [1.165, 1.54) is 74.9 Å². The van der Waals surface area contributed by atoms with E-state index in [0.717, 1.165) is 6.42 Å². The minimum absolute atomic E-state index is 0.655. The fourth-order valence-corrected chi connectivity index (χ4v) is 5.18. The molecule has 0 aromatic heterocycles. The molecule has 0 amide bonds. The zero-order chi connectivity index (χ0) is 17.9. The molecule has 140 valence electrons. The van der Waals surface area contributed by atoms with Crippen molar-refractivity contribution in [2.45, 2.75) is 51.3 Å². The predicted octanol–water partition coefficient (Wildman–Crippen LogP) is 4.06. The molecule has 3 heteroatoms. The third-order valence-electron chi connectivity index (χ3n) is 4.99. The van der Waals surface area contributed by atoms with Gasteiger partial charge in [0.05, 0.1) is 0 Å². The average Bonchev–Trinajstić information content (AvgIpc) is 2.64. The van der Waals surface area contributed by atoms with Gasteiger partial charge in [-0.2, -0.15) is 0 Å². The molecule has 1 saturated heterocycles. The van der Waals surface area contributed by atoms with Crippen molar-refractivity contribution >= 4 is 25.0 Å². The van der Waals surface area contributed by atoms with Crippen LogP contribution < -0.4 is 4.46 Å². The van der Waals surface area contributed by atoms with Crippen LogP contribution in [0.1, 0.15) is 51.5 Å². The van der Waals surface area contributed by atoms with E-state index in [0.29, 0.717) is 15.0 Å². The van der Waals surface area contributed by atoms with Crippen LogP contribution >= 0.6 is 0 Å². The van der Waals surface area contributed by atoms with Gasteiger partial charge in [-0.05, 0) is 0 Å². The zero-order valence-corrected chi connectivity index (χ0v) is 18.2. The van der Waals surface area contributed by atoms with E-state index in [9.17, 15) is 0 Å². The van der Waals surface area contributed by atoms with E-state index in [1.807, 2.05) is 0 Å². The Morgan fingerprint density at radius 3 is 2.40 bits per heavy atom.